The van der Waals surface area contributed by atoms with Crippen molar-refractivity contribution in [3.63, 3.8) is 0 Å². The van der Waals surface area contributed by atoms with Gasteiger partial charge in [0.05, 0.1) is 6.54 Å². The standard InChI is InChI=1S/C12H13F3N2O3/c13-12(14,15)20-10-6-16-17(7-10)11(18)19-8-9-4-2-1-3-5-9/h1-5,10,16H,6-8H2/t10-/m0/s1. The van der Waals surface area contributed by atoms with E-state index in [1.807, 2.05) is 6.07 Å². The quantitative estimate of drug-likeness (QED) is 0.925. The van der Waals surface area contributed by atoms with E-state index >= 15 is 0 Å². The van der Waals surface area contributed by atoms with E-state index in [2.05, 4.69) is 10.2 Å². The summed E-state index contributed by atoms with van der Waals surface area (Å²) in [5.41, 5.74) is 3.29. The number of alkyl halides is 3. The Labute approximate surface area is 113 Å². The lowest BCUT2D eigenvalue weighted by Gasteiger charge is -2.16. The van der Waals surface area contributed by atoms with Crippen molar-refractivity contribution < 1.29 is 27.4 Å². The molecule has 0 radical (unpaired) electrons. The molecule has 1 amide bonds. The summed E-state index contributed by atoms with van der Waals surface area (Å²) in [6.07, 6.45) is -6.57. The first-order valence-corrected chi connectivity index (χ1v) is 5.90. The SMILES string of the molecule is O=C(OCc1ccccc1)N1C[C@@H](OC(F)(F)F)CN1. The lowest BCUT2D eigenvalue weighted by molar-refractivity contribution is -0.338. The van der Waals surface area contributed by atoms with Crippen molar-refractivity contribution in [3.05, 3.63) is 35.9 Å². The number of rotatable bonds is 3. The van der Waals surface area contributed by atoms with E-state index in [9.17, 15) is 18.0 Å². The lowest BCUT2D eigenvalue weighted by atomic mass is 10.2. The van der Waals surface area contributed by atoms with E-state index < -0.39 is 18.6 Å². The summed E-state index contributed by atoms with van der Waals surface area (Å²) in [7, 11) is 0. The molecule has 8 heteroatoms. The van der Waals surface area contributed by atoms with Gasteiger partial charge in [0.15, 0.2) is 0 Å². The highest BCUT2D eigenvalue weighted by Crippen LogP contribution is 2.20. The van der Waals surface area contributed by atoms with E-state index in [4.69, 9.17) is 4.74 Å². The normalized spacial score (nSPS) is 19.1. The fourth-order valence-electron chi connectivity index (χ4n) is 1.75. The molecule has 1 aromatic rings. The molecule has 5 nitrogen and oxygen atoms in total. The number of hydrazine groups is 1. The minimum absolute atomic E-state index is 0.0582. The van der Waals surface area contributed by atoms with Crippen LogP contribution in [-0.4, -0.2) is 36.7 Å². The van der Waals surface area contributed by atoms with Crippen molar-refractivity contribution in [1.29, 1.82) is 0 Å². The third kappa shape index (κ3) is 4.39. The number of benzene rings is 1. The Balaban J connectivity index is 1.77. The van der Waals surface area contributed by atoms with Crippen LogP contribution in [0.4, 0.5) is 18.0 Å². The first-order chi connectivity index (χ1) is 9.44. The van der Waals surface area contributed by atoms with Crippen molar-refractivity contribution in [2.75, 3.05) is 13.1 Å². The molecule has 110 valence electrons. The third-order valence-corrected chi connectivity index (χ3v) is 2.62. The van der Waals surface area contributed by atoms with Crippen LogP contribution in [0.25, 0.3) is 0 Å². The van der Waals surface area contributed by atoms with E-state index in [0.717, 1.165) is 10.6 Å². The Morgan fingerprint density at radius 2 is 2.05 bits per heavy atom. The summed E-state index contributed by atoms with van der Waals surface area (Å²) in [5.74, 6) is 0. The van der Waals surface area contributed by atoms with Crippen LogP contribution in [0.1, 0.15) is 5.56 Å². The Morgan fingerprint density at radius 1 is 1.35 bits per heavy atom. The van der Waals surface area contributed by atoms with Crippen LogP contribution in [0.2, 0.25) is 0 Å². The third-order valence-electron chi connectivity index (χ3n) is 2.62. The second kappa shape index (κ2) is 6.10. The molecule has 1 N–H and O–H groups in total. The maximum absolute atomic E-state index is 12.0. The molecule has 0 spiro atoms. The van der Waals surface area contributed by atoms with E-state index in [0.29, 0.717) is 0 Å². The minimum Gasteiger partial charge on any atom is -0.444 e. The molecule has 20 heavy (non-hydrogen) atoms. The van der Waals surface area contributed by atoms with Gasteiger partial charge in [-0.3, -0.25) is 4.74 Å². The van der Waals surface area contributed by atoms with Gasteiger partial charge < -0.3 is 4.74 Å². The van der Waals surface area contributed by atoms with Gasteiger partial charge in [0.2, 0.25) is 0 Å². The zero-order valence-corrected chi connectivity index (χ0v) is 10.4. The summed E-state index contributed by atoms with van der Waals surface area (Å²) in [6.45, 7) is -0.254. The smallest absolute Gasteiger partial charge is 0.444 e. The first kappa shape index (κ1) is 14.6. The molecule has 1 aliphatic rings. The van der Waals surface area contributed by atoms with Crippen molar-refractivity contribution in [2.45, 2.75) is 19.1 Å². The zero-order valence-electron chi connectivity index (χ0n) is 10.4. The molecular formula is C12H13F3N2O3. The second-order valence-corrected chi connectivity index (χ2v) is 4.20. The molecule has 1 heterocycles. The number of amides is 1. The molecule has 2 rings (SSSR count). The number of hydrogen-bond acceptors (Lipinski definition) is 4. The summed E-state index contributed by atoms with van der Waals surface area (Å²) in [4.78, 5) is 11.6. The van der Waals surface area contributed by atoms with Crippen LogP contribution in [0.5, 0.6) is 0 Å². The van der Waals surface area contributed by atoms with Crippen molar-refractivity contribution >= 4 is 6.09 Å². The highest BCUT2D eigenvalue weighted by Gasteiger charge is 2.38. The molecule has 1 atom stereocenters. The highest BCUT2D eigenvalue weighted by molar-refractivity contribution is 5.67. The van der Waals surface area contributed by atoms with Gasteiger partial charge in [-0.15, -0.1) is 13.2 Å². The maximum Gasteiger partial charge on any atom is 0.522 e. The summed E-state index contributed by atoms with van der Waals surface area (Å²) >= 11 is 0. The lowest BCUT2D eigenvalue weighted by Crippen LogP contribution is -2.37. The average molecular weight is 290 g/mol. The number of nitrogens with zero attached hydrogens (tertiary/aromatic N) is 1. The molecule has 1 saturated heterocycles. The fraction of sp³-hybridized carbons (Fsp3) is 0.417. The monoisotopic (exact) mass is 290 g/mol. The number of nitrogens with one attached hydrogen (secondary N) is 1. The molecule has 0 bridgehead atoms. The second-order valence-electron chi connectivity index (χ2n) is 4.20. The number of carbonyl (C=O) groups excluding carboxylic acids is 1. The summed E-state index contributed by atoms with van der Waals surface area (Å²) < 4.78 is 44.9. The summed E-state index contributed by atoms with van der Waals surface area (Å²) in [6, 6.07) is 8.97. The Hall–Kier alpha value is -1.80. The van der Waals surface area contributed by atoms with Crippen LogP contribution in [0, 0.1) is 0 Å². The van der Waals surface area contributed by atoms with Gasteiger partial charge in [-0.1, -0.05) is 30.3 Å². The molecule has 0 unspecified atom stereocenters. The zero-order chi connectivity index (χ0) is 14.6. The van der Waals surface area contributed by atoms with Gasteiger partial charge in [0.25, 0.3) is 0 Å². The largest absolute Gasteiger partial charge is 0.522 e. The van der Waals surface area contributed by atoms with Gasteiger partial charge in [-0.2, -0.15) is 0 Å². The van der Waals surface area contributed by atoms with E-state index in [1.165, 1.54) is 0 Å². The maximum atomic E-state index is 12.0. The Bertz CT molecular complexity index is 453. The minimum atomic E-state index is -4.71. The van der Waals surface area contributed by atoms with Crippen molar-refractivity contribution in [3.8, 4) is 0 Å². The topological polar surface area (TPSA) is 50.8 Å². The number of carbonyl (C=O) groups is 1. The van der Waals surface area contributed by atoms with Crippen molar-refractivity contribution in [2.24, 2.45) is 0 Å². The van der Waals surface area contributed by atoms with Gasteiger partial charge in [0, 0.05) is 6.54 Å². The predicted octanol–water partition coefficient (Wildman–Crippen LogP) is 2.05. The fourth-order valence-corrected chi connectivity index (χ4v) is 1.75. The van der Waals surface area contributed by atoms with Crippen LogP contribution in [0.3, 0.4) is 0 Å². The van der Waals surface area contributed by atoms with Gasteiger partial charge in [-0.25, -0.2) is 15.2 Å². The van der Waals surface area contributed by atoms with Crippen LogP contribution in [-0.2, 0) is 16.1 Å². The van der Waals surface area contributed by atoms with E-state index in [-0.39, 0.29) is 19.7 Å². The molecule has 1 aliphatic heterocycles. The van der Waals surface area contributed by atoms with E-state index in [1.54, 1.807) is 24.3 Å². The van der Waals surface area contributed by atoms with Gasteiger partial charge in [-0.05, 0) is 5.56 Å². The molecule has 0 aliphatic carbocycles. The van der Waals surface area contributed by atoms with Crippen LogP contribution in [0.15, 0.2) is 30.3 Å². The summed E-state index contributed by atoms with van der Waals surface area (Å²) in [5, 5.41) is 0.972. The predicted molar refractivity (Wildman–Crippen MR) is 62.3 cm³/mol. The number of halogens is 3. The average Bonchev–Trinajstić information content (AvgIpc) is 2.83. The molecular weight excluding hydrogens is 277 g/mol. The van der Waals surface area contributed by atoms with Gasteiger partial charge in [0.1, 0.15) is 12.7 Å². The number of hydrogen-bond donors (Lipinski definition) is 1. The highest BCUT2D eigenvalue weighted by atomic mass is 19.4. The van der Waals surface area contributed by atoms with Crippen LogP contribution >= 0.6 is 0 Å². The Morgan fingerprint density at radius 3 is 2.70 bits per heavy atom. The molecule has 0 saturated carbocycles. The van der Waals surface area contributed by atoms with Gasteiger partial charge >= 0.3 is 12.5 Å². The molecule has 1 fully saturated rings. The van der Waals surface area contributed by atoms with Crippen LogP contribution < -0.4 is 5.43 Å². The molecule has 0 aromatic heterocycles. The number of ether oxygens (including phenoxy) is 2. The first-order valence-electron chi connectivity index (χ1n) is 5.90. The van der Waals surface area contributed by atoms with Crippen molar-refractivity contribution in [1.82, 2.24) is 10.4 Å². The Kier molecular flexibility index (Phi) is 4.46. The molecule has 1 aromatic carbocycles.